The Balaban J connectivity index is 1.70. The summed E-state index contributed by atoms with van der Waals surface area (Å²) in [6.45, 7) is 1.73. The molecule has 124 valence electrons. The van der Waals surface area contributed by atoms with Crippen LogP contribution in [0.4, 0.5) is 0 Å². The number of benzene rings is 1. The Morgan fingerprint density at radius 3 is 2.42 bits per heavy atom. The van der Waals surface area contributed by atoms with Gasteiger partial charge in [0.1, 0.15) is 5.69 Å². The van der Waals surface area contributed by atoms with Gasteiger partial charge in [-0.3, -0.25) is 9.59 Å². The van der Waals surface area contributed by atoms with Crippen molar-refractivity contribution in [1.29, 1.82) is 0 Å². The second kappa shape index (κ2) is 7.21. The molecule has 1 aliphatic rings. The molecule has 0 saturated carbocycles. The summed E-state index contributed by atoms with van der Waals surface area (Å²) < 4.78 is 0. The van der Waals surface area contributed by atoms with Gasteiger partial charge in [-0.15, -0.1) is 0 Å². The van der Waals surface area contributed by atoms with E-state index in [9.17, 15) is 9.59 Å². The highest BCUT2D eigenvalue weighted by Crippen LogP contribution is 2.17. The lowest BCUT2D eigenvalue weighted by atomic mass is 10.1. The summed E-state index contributed by atoms with van der Waals surface area (Å²) in [5.74, 6) is 0.0389. The van der Waals surface area contributed by atoms with Crippen molar-refractivity contribution in [2.75, 3.05) is 13.1 Å². The molecule has 2 amide bonds. The maximum absolute atomic E-state index is 12.3. The standard InChI is InChI=1S/C18H20N4O2/c19-17(24)15-8-9-20-18(21-15)14-6-4-13(5-7-14)12-16(23)22-10-2-1-3-11-22/h4-9H,1-3,10-12H2,(H2,19,24). The fourth-order valence-electron chi connectivity index (χ4n) is 2.84. The fraction of sp³-hybridized carbons (Fsp3) is 0.333. The minimum Gasteiger partial charge on any atom is -0.364 e. The molecule has 1 aliphatic heterocycles. The first kappa shape index (κ1) is 16.1. The number of hydrogen-bond acceptors (Lipinski definition) is 4. The zero-order valence-corrected chi connectivity index (χ0v) is 13.4. The summed E-state index contributed by atoms with van der Waals surface area (Å²) >= 11 is 0. The third-order valence-electron chi connectivity index (χ3n) is 4.18. The fourth-order valence-corrected chi connectivity index (χ4v) is 2.84. The Labute approximate surface area is 140 Å². The lowest BCUT2D eigenvalue weighted by Gasteiger charge is -2.26. The summed E-state index contributed by atoms with van der Waals surface area (Å²) in [5, 5.41) is 0. The molecule has 0 aliphatic carbocycles. The first-order chi connectivity index (χ1) is 11.6. The van der Waals surface area contributed by atoms with Gasteiger partial charge in [0.05, 0.1) is 6.42 Å². The number of carbonyl (C=O) groups is 2. The first-order valence-electron chi connectivity index (χ1n) is 8.13. The molecule has 2 N–H and O–H groups in total. The van der Waals surface area contributed by atoms with Crippen molar-refractivity contribution < 1.29 is 9.59 Å². The van der Waals surface area contributed by atoms with E-state index in [1.165, 1.54) is 18.7 Å². The molecule has 1 aromatic heterocycles. The number of amides is 2. The molecule has 1 aromatic carbocycles. The number of carbonyl (C=O) groups excluding carboxylic acids is 2. The predicted molar refractivity (Wildman–Crippen MR) is 90.1 cm³/mol. The summed E-state index contributed by atoms with van der Waals surface area (Å²) in [6, 6.07) is 9.00. The van der Waals surface area contributed by atoms with Crippen molar-refractivity contribution in [3.63, 3.8) is 0 Å². The zero-order chi connectivity index (χ0) is 16.9. The smallest absolute Gasteiger partial charge is 0.267 e. The van der Waals surface area contributed by atoms with E-state index in [1.807, 2.05) is 29.2 Å². The molecule has 0 bridgehead atoms. The van der Waals surface area contributed by atoms with Crippen molar-refractivity contribution in [3.05, 3.63) is 47.8 Å². The van der Waals surface area contributed by atoms with Crippen LogP contribution in [-0.4, -0.2) is 39.8 Å². The minimum atomic E-state index is -0.581. The number of primary amides is 1. The number of nitrogens with zero attached hydrogens (tertiary/aromatic N) is 3. The van der Waals surface area contributed by atoms with Gasteiger partial charge in [-0.1, -0.05) is 24.3 Å². The predicted octanol–water partition coefficient (Wildman–Crippen LogP) is 1.80. The van der Waals surface area contributed by atoms with E-state index in [1.54, 1.807) is 0 Å². The molecule has 24 heavy (non-hydrogen) atoms. The summed E-state index contributed by atoms with van der Waals surface area (Å²) in [7, 11) is 0. The Hall–Kier alpha value is -2.76. The van der Waals surface area contributed by atoms with Gasteiger partial charge >= 0.3 is 0 Å². The maximum Gasteiger partial charge on any atom is 0.267 e. The molecule has 6 nitrogen and oxygen atoms in total. The largest absolute Gasteiger partial charge is 0.364 e. The van der Waals surface area contributed by atoms with Crippen LogP contribution in [0.1, 0.15) is 35.3 Å². The average Bonchev–Trinajstić information content (AvgIpc) is 2.63. The van der Waals surface area contributed by atoms with E-state index in [0.717, 1.165) is 37.1 Å². The summed E-state index contributed by atoms with van der Waals surface area (Å²) in [4.78, 5) is 33.7. The van der Waals surface area contributed by atoms with Crippen molar-refractivity contribution in [2.24, 2.45) is 5.73 Å². The Morgan fingerprint density at radius 2 is 1.75 bits per heavy atom. The SMILES string of the molecule is NC(=O)c1ccnc(-c2ccc(CC(=O)N3CCCCC3)cc2)n1. The quantitative estimate of drug-likeness (QED) is 0.928. The topological polar surface area (TPSA) is 89.2 Å². The number of piperidine rings is 1. The highest BCUT2D eigenvalue weighted by Gasteiger charge is 2.16. The van der Waals surface area contributed by atoms with E-state index >= 15 is 0 Å². The van der Waals surface area contributed by atoms with E-state index in [-0.39, 0.29) is 11.6 Å². The van der Waals surface area contributed by atoms with Crippen molar-refractivity contribution in [3.8, 4) is 11.4 Å². The molecule has 0 atom stereocenters. The molecule has 2 heterocycles. The van der Waals surface area contributed by atoms with Crippen LogP contribution in [0.15, 0.2) is 36.5 Å². The molecular weight excluding hydrogens is 304 g/mol. The van der Waals surface area contributed by atoms with Gasteiger partial charge in [0.25, 0.3) is 5.91 Å². The van der Waals surface area contributed by atoms with Gasteiger partial charge in [0.2, 0.25) is 5.91 Å². The van der Waals surface area contributed by atoms with Crippen LogP contribution in [0.2, 0.25) is 0 Å². The Morgan fingerprint density at radius 1 is 1.04 bits per heavy atom. The van der Waals surface area contributed by atoms with E-state index in [4.69, 9.17) is 5.73 Å². The highest BCUT2D eigenvalue weighted by molar-refractivity contribution is 5.91. The van der Waals surface area contributed by atoms with Crippen molar-refractivity contribution in [2.45, 2.75) is 25.7 Å². The monoisotopic (exact) mass is 324 g/mol. The molecule has 0 spiro atoms. The van der Waals surface area contributed by atoms with Crippen LogP contribution < -0.4 is 5.73 Å². The summed E-state index contributed by atoms with van der Waals surface area (Å²) in [6.07, 6.45) is 5.32. The molecule has 3 rings (SSSR count). The molecule has 0 unspecified atom stereocenters. The van der Waals surface area contributed by atoms with Crippen LogP contribution in [-0.2, 0) is 11.2 Å². The van der Waals surface area contributed by atoms with Gasteiger partial charge in [0.15, 0.2) is 5.82 Å². The zero-order valence-electron chi connectivity index (χ0n) is 13.4. The first-order valence-corrected chi connectivity index (χ1v) is 8.13. The number of likely N-dealkylation sites (tertiary alicyclic amines) is 1. The average molecular weight is 324 g/mol. The van der Waals surface area contributed by atoms with Crippen molar-refractivity contribution >= 4 is 11.8 Å². The molecular formula is C18H20N4O2. The second-order valence-electron chi connectivity index (χ2n) is 5.94. The van der Waals surface area contributed by atoms with Gasteiger partial charge in [0, 0.05) is 24.8 Å². The molecule has 1 saturated heterocycles. The van der Waals surface area contributed by atoms with Gasteiger partial charge in [-0.2, -0.15) is 0 Å². The van der Waals surface area contributed by atoms with E-state index in [0.29, 0.717) is 12.2 Å². The van der Waals surface area contributed by atoms with Crippen LogP contribution in [0.5, 0.6) is 0 Å². The van der Waals surface area contributed by atoms with Crippen LogP contribution in [0.3, 0.4) is 0 Å². The van der Waals surface area contributed by atoms with E-state index in [2.05, 4.69) is 9.97 Å². The number of hydrogen-bond donors (Lipinski definition) is 1. The third kappa shape index (κ3) is 3.76. The third-order valence-corrected chi connectivity index (χ3v) is 4.18. The molecule has 0 radical (unpaired) electrons. The number of rotatable bonds is 4. The summed E-state index contributed by atoms with van der Waals surface area (Å²) in [5.41, 5.74) is 7.17. The number of aromatic nitrogens is 2. The van der Waals surface area contributed by atoms with Crippen LogP contribution >= 0.6 is 0 Å². The van der Waals surface area contributed by atoms with Gasteiger partial charge < -0.3 is 10.6 Å². The maximum atomic E-state index is 12.3. The molecule has 1 fully saturated rings. The molecule has 2 aromatic rings. The minimum absolute atomic E-state index is 0.175. The second-order valence-corrected chi connectivity index (χ2v) is 5.94. The highest BCUT2D eigenvalue weighted by atomic mass is 16.2. The van der Waals surface area contributed by atoms with Crippen LogP contribution in [0, 0.1) is 0 Å². The number of nitrogens with two attached hydrogens (primary N) is 1. The van der Waals surface area contributed by atoms with E-state index < -0.39 is 5.91 Å². The van der Waals surface area contributed by atoms with Gasteiger partial charge in [-0.05, 0) is 30.9 Å². The lowest BCUT2D eigenvalue weighted by molar-refractivity contribution is -0.131. The van der Waals surface area contributed by atoms with Crippen molar-refractivity contribution in [1.82, 2.24) is 14.9 Å². The molecule has 6 heteroatoms. The lowest BCUT2D eigenvalue weighted by Crippen LogP contribution is -2.36. The Bertz CT molecular complexity index is 737. The normalized spacial score (nSPS) is 14.4. The Kier molecular flexibility index (Phi) is 4.84. The van der Waals surface area contributed by atoms with Crippen LogP contribution in [0.25, 0.3) is 11.4 Å². The van der Waals surface area contributed by atoms with Gasteiger partial charge in [-0.25, -0.2) is 9.97 Å².